The summed E-state index contributed by atoms with van der Waals surface area (Å²) >= 11 is 6.07. The molecule has 2 aromatic rings. The van der Waals surface area contributed by atoms with Crippen LogP contribution in [-0.2, 0) is 16.6 Å². The molecular weight excluding hydrogens is 400 g/mol. The first-order valence-electron chi connectivity index (χ1n) is 9.12. The summed E-state index contributed by atoms with van der Waals surface area (Å²) in [4.78, 5) is 16.1. The van der Waals surface area contributed by atoms with E-state index in [9.17, 15) is 13.2 Å². The number of alkyl halides is 1. The lowest BCUT2D eigenvalue weighted by atomic mass is 9.96. The molecule has 150 valence electrons. The fourth-order valence-corrected chi connectivity index (χ4v) is 4.59. The number of nitrogens with zero attached hydrogens (tertiary/aromatic N) is 1. The Balaban J connectivity index is 1.53. The van der Waals surface area contributed by atoms with Crippen LogP contribution in [0.1, 0.15) is 31.2 Å². The van der Waals surface area contributed by atoms with Crippen LogP contribution >= 0.6 is 11.6 Å². The Morgan fingerprint density at radius 2 is 1.82 bits per heavy atom. The maximum atomic E-state index is 12.5. The summed E-state index contributed by atoms with van der Waals surface area (Å²) in [7, 11) is -3.60. The number of nitrogens with one attached hydrogen (secondary N) is 3. The number of carbonyl (C=O) groups is 1. The SMILES string of the molecule is O=C(NCc1cccnc1)Nc1ccc(S(=O)(=O)NC2CCC(Cl)CC2)cc1. The number of anilines is 1. The first-order valence-corrected chi connectivity index (χ1v) is 11.0. The van der Waals surface area contributed by atoms with E-state index in [1.54, 1.807) is 30.6 Å². The van der Waals surface area contributed by atoms with Crippen LogP contribution in [0.15, 0.2) is 53.7 Å². The second-order valence-corrected chi connectivity index (χ2v) is 9.09. The Hall–Kier alpha value is -2.16. The van der Waals surface area contributed by atoms with Gasteiger partial charge >= 0.3 is 6.03 Å². The summed E-state index contributed by atoms with van der Waals surface area (Å²) < 4.78 is 27.8. The number of hydrogen-bond donors (Lipinski definition) is 3. The van der Waals surface area contributed by atoms with Gasteiger partial charge in [0.1, 0.15) is 0 Å². The van der Waals surface area contributed by atoms with Crippen molar-refractivity contribution in [3.8, 4) is 0 Å². The number of rotatable bonds is 6. The van der Waals surface area contributed by atoms with Crippen molar-refractivity contribution < 1.29 is 13.2 Å². The zero-order chi connectivity index (χ0) is 20.0. The average Bonchev–Trinajstić information content (AvgIpc) is 2.69. The predicted octanol–water partition coefficient (Wildman–Crippen LogP) is 3.23. The number of carbonyl (C=O) groups excluding carboxylic acids is 1. The molecule has 1 fully saturated rings. The molecule has 3 rings (SSSR count). The molecule has 0 spiro atoms. The van der Waals surface area contributed by atoms with E-state index in [2.05, 4.69) is 20.3 Å². The molecule has 1 aromatic carbocycles. The van der Waals surface area contributed by atoms with Crippen molar-refractivity contribution in [1.29, 1.82) is 0 Å². The molecule has 2 amide bonds. The highest BCUT2D eigenvalue weighted by Crippen LogP contribution is 2.24. The van der Waals surface area contributed by atoms with Crippen LogP contribution in [0.3, 0.4) is 0 Å². The van der Waals surface area contributed by atoms with Gasteiger partial charge in [-0.3, -0.25) is 4.98 Å². The Labute approximate surface area is 169 Å². The average molecular weight is 423 g/mol. The minimum Gasteiger partial charge on any atom is -0.334 e. The monoisotopic (exact) mass is 422 g/mol. The van der Waals surface area contributed by atoms with Gasteiger partial charge in [-0.15, -0.1) is 11.6 Å². The van der Waals surface area contributed by atoms with Gasteiger partial charge in [0.2, 0.25) is 10.0 Å². The summed E-state index contributed by atoms with van der Waals surface area (Å²) in [5.74, 6) is 0. The van der Waals surface area contributed by atoms with E-state index in [4.69, 9.17) is 11.6 Å². The number of urea groups is 1. The highest BCUT2D eigenvalue weighted by Gasteiger charge is 2.24. The number of halogens is 1. The van der Waals surface area contributed by atoms with Gasteiger partial charge in [-0.2, -0.15) is 0 Å². The largest absolute Gasteiger partial charge is 0.334 e. The first kappa shape index (κ1) is 20.6. The van der Waals surface area contributed by atoms with E-state index in [0.29, 0.717) is 12.2 Å². The minimum absolute atomic E-state index is 0.0870. The van der Waals surface area contributed by atoms with Crippen LogP contribution in [0.25, 0.3) is 0 Å². The first-order chi connectivity index (χ1) is 13.4. The second-order valence-electron chi connectivity index (χ2n) is 6.76. The minimum atomic E-state index is -3.60. The molecule has 0 aliphatic heterocycles. The van der Waals surface area contributed by atoms with E-state index in [-0.39, 0.29) is 22.3 Å². The molecule has 1 aliphatic carbocycles. The third-order valence-corrected chi connectivity index (χ3v) is 6.55. The molecule has 3 N–H and O–H groups in total. The van der Waals surface area contributed by atoms with Gasteiger partial charge < -0.3 is 10.6 Å². The lowest BCUT2D eigenvalue weighted by Crippen LogP contribution is -2.37. The van der Waals surface area contributed by atoms with Crippen LogP contribution in [0.4, 0.5) is 10.5 Å². The maximum Gasteiger partial charge on any atom is 0.319 e. The van der Waals surface area contributed by atoms with Crippen molar-refractivity contribution in [3.63, 3.8) is 0 Å². The lowest BCUT2D eigenvalue weighted by molar-refractivity contribution is 0.251. The molecule has 28 heavy (non-hydrogen) atoms. The molecule has 0 unspecified atom stereocenters. The fourth-order valence-electron chi connectivity index (χ4n) is 3.04. The van der Waals surface area contributed by atoms with Crippen LogP contribution < -0.4 is 15.4 Å². The van der Waals surface area contributed by atoms with Gasteiger partial charge in [-0.1, -0.05) is 6.07 Å². The third kappa shape index (κ3) is 5.92. The van der Waals surface area contributed by atoms with Crippen LogP contribution in [0, 0.1) is 0 Å². The topological polar surface area (TPSA) is 100 Å². The predicted molar refractivity (Wildman–Crippen MR) is 109 cm³/mol. The highest BCUT2D eigenvalue weighted by atomic mass is 35.5. The maximum absolute atomic E-state index is 12.5. The number of pyridine rings is 1. The normalized spacial score (nSPS) is 19.8. The van der Waals surface area contributed by atoms with Crippen LogP contribution in [0.2, 0.25) is 0 Å². The van der Waals surface area contributed by atoms with Crippen LogP contribution in [0.5, 0.6) is 0 Å². The van der Waals surface area contributed by atoms with Crippen molar-refractivity contribution in [2.75, 3.05) is 5.32 Å². The second kappa shape index (κ2) is 9.36. The third-order valence-electron chi connectivity index (χ3n) is 4.58. The molecule has 0 bridgehead atoms. The number of sulfonamides is 1. The molecule has 0 saturated heterocycles. The summed E-state index contributed by atoms with van der Waals surface area (Å²) in [6.07, 6.45) is 6.44. The Kier molecular flexibility index (Phi) is 6.88. The smallest absolute Gasteiger partial charge is 0.319 e. The van der Waals surface area contributed by atoms with Crippen LogP contribution in [-0.4, -0.2) is 30.9 Å². The molecule has 1 aromatic heterocycles. The molecule has 9 heteroatoms. The molecule has 7 nitrogen and oxygen atoms in total. The van der Waals surface area contributed by atoms with Crippen molar-refractivity contribution in [2.24, 2.45) is 0 Å². The van der Waals surface area contributed by atoms with Crippen molar-refractivity contribution in [2.45, 2.75) is 48.5 Å². The molecule has 0 atom stereocenters. The van der Waals surface area contributed by atoms with E-state index in [1.165, 1.54) is 12.1 Å². The number of amides is 2. The Morgan fingerprint density at radius 1 is 1.11 bits per heavy atom. The van der Waals surface area contributed by atoms with E-state index >= 15 is 0 Å². The Morgan fingerprint density at radius 3 is 2.46 bits per heavy atom. The van der Waals surface area contributed by atoms with Crippen molar-refractivity contribution in [3.05, 3.63) is 54.4 Å². The zero-order valence-electron chi connectivity index (χ0n) is 15.3. The summed E-state index contributed by atoms with van der Waals surface area (Å²) in [6.45, 7) is 0.348. The summed E-state index contributed by atoms with van der Waals surface area (Å²) in [5.41, 5.74) is 1.39. The quantitative estimate of drug-likeness (QED) is 0.622. The standard InChI is InChI=1S/C19H23ClN4O3S/c20-15-3-5-17(6-4-15)24-28(26,27)18-9-7-16(8-10-18)23-19(25)22-13-14-2-1-11-21-12-14/h1-2,7-12,15,17,24H,3-6,13H2,(H2,22,23,25). The highest BCUT2D eigenvalue weighted by molar-refractivity contribution is 7.89. The van der Waals surface area contributed by atoms with E-state index in [1.807, 2.05) is 6.07 Å². The Bertz CT molecular complexity index is 883. The molecule has 1 aliphatic rings. The van der Waals surface area contributed by atoms with Crippen molar-refractivity contribution >= 4 is 33.3 Å². The van der Waals surface area contributed by atoms with Gasteiger partial charge in [0.25, 0.3) is 0 Å². The number of aromatic nitrogens is 1. The van der Waals surface area contributed by atoms with Gasteiger partial charge in [0.05, 0.1) is 4.90 Å². The summed E-state index contributed by atoms with van der Waals surface area (Å²) in [6, 6.07) is 9.27. The summed E-state index contributed by atoms with van der Waals surface area (Å²) in [5, 5.41) is 5.53. The van der Waals surface area contributed by atoms with E-state index < -0.39 is 10.0 Å². The number of hydrogen-bond acceptors (Lipinski definition) is 4. The molecule has 0 radical (unpaired) electrons. The zero-order valence-corrected chi connectivity index (χ0v) is 16.8. The van der Waals surface area contributed by atoms with E-state index in [0.717, 1.165) is 31.2 Å². The number of benzene rings is 1. The van der Waals surface area contributed by atoms with Gasteiger partial charge in [0.15, 0.2) is 0 Å². The van der Waals surface area contributed by atoms with Gasteiger partial charge in [-0.05, 0) is 61.6 Å². The molecular formula is C19H23ClN4O3S. The van der Waals surface area contributed by atoms with Gasteiger partial charge in [0, 0.05) is 36.0 Å². The van der Waals surface area contributed by atoms with Gasteiger partial charge in [-0.25, -0.2) is 17.9 Å². The van der Waals surface area contributed by atoms with Crippen molar-refractivity contribution in [1.82, 2.24) is 15.0 Å². The lowest BCUT2D eigenvalue weighted by Gasteiger charge is -2.25. The molecule has 1 heterocycles. The fraction of sp³-hybridized carbons (Fsp3) is 0.368. The molecule has 1 saturated carbocycles.